The monoisotopic (exact) mass is 129 g/mol. The maximum Gasteiger partial charge on any atom is 0.410 e. The van der Waals surface area contributed by atoms with Crippen LogP contribution >= 0.6 is 0 Å². The molecule has 0 amide bonds. The fourth-order valence-electron chi connectivity index (χ4n) is 0.334. The van der Waals surface area contributed by atoms with Crippen LogP contribution in [-0.2, 0) is 8.58 Å². The SMILES string of the molecule is O=C=NCCC[O][AlH2]. The van der Waals surface area contributed by atoms with Crippen LogP contribution in [0.25, 0.3) is 0 Å². The molecule has 0 aliphatic carbocycles. The molecule has 44 valence electrons. The van der Waals surface area contributed by atoms with Gasteiger partial charge < -0.3 is 3.79 Å². The Kier molecular flexibility index (Phi) is 6.76. The van der Waals surface area contributed by atoms with Crippen molar-refractivity contribution in [2.75, 3.05) is 13.2 Å². The molecule has 0 aromatic rings. The molecule has 0 unspecified atom stereocenters. The molecular weight excluding hydrogens is 121 g/mol. The van der Waals surface area contributed by atoms with E-state index in [1.165, 1.54) is 6.08 Å². The molecule has 0 fully saturated rings. The minimum absolute atomic E-state index is 0.547. The Morgan fingerprint density at radius 3 is 3.00 bits per heavy atom. The van der Waals surface area contributed by atoms with E-state index >= 15 is 0 Å². The number of rotatable bonds is 4. The van der Waals surface area contributed by atoms with Gasteiger partial charge in [-0.25, -0.2) is 9.79 Å². The third-order valence-electron chi connectivity index (χ3n) is 0.683. The Morgan fingerprint density at radius 1 is 1.75 bits per heavy atom. The number of hydrogen-bond donors (Lipinski definition) is 0. The first-order valence-electron chi connectivity index (χ1n) is 2.44. The van der Waals surface area contributed by atoms with E-state index in [-0.39, 0.29) is 0 Å². The summed E-state index contributed by atoms with van der Waals surface area (Å²) in [6.07, 6.45) is 2.29. The molecule has 8 heavy (non-hydrogen) atoms. The van der Waals surface area contributed by atoms with Crippen LogP contribution in [0.1, 0.15) is 6.42 Å². The summed E-state index contributed by atoms with van der Waals surface area (Å²) in [6, 6.07) is 0. The largest absolute Gasteiger partial charge is 0.506 e. The third kappa shape index (κ3) is 5.87. The molecule has 0 saturated carbocycles. The Balaban J connectivity index is 2.82. The highest BCUT2D eigenvalue weighted by Gasteiger charge is 1.79. The smallest absolute Gasteiger partial charge is 0.410 e. The molecule has 4 heteroatoms. The number of aliphatic imine (C=N–C) groups is 1. The summed E-state index contributed by atoms with van der Waals surface area (Å²) < 4.78 is 4.84. The molecule has 0 radical (unpaired) electrons. The molecule has 0 N–H and O–H groups in total. The van der Waals surface area contributed by atoms with Crippen LogP contribution in [0.2, 0.25) is 0 Å². The first-order valence-corrected chi connectivity index (χ1v) is 3.26. The van der Waals surface area contributed by atoms with Crippen LogP contribution in [0.15, 0.2) is 4.99 Å². The lowest BCUT2D eigenvalue weighted by atomic mass is 10.5. The molecule has 0 aliphatic heterocycles. The average Bonchev–Trinajstić information content (AvgIpc) is 1.81. The fourth-order valence-corrected chi connectivity index (χ4v) is 0.622. The minimum Gasteiger partial charge on any atom is -0.506 e. The van der Waals surface area contributed by atoms with E-state index in [1.807, 2.05) is 0 Å². The van der Waals surface area contributed by atoms with E-state index in [9.17, 15) is 4.79 Å². The van der Waals surface area contributed by atoms with Crippen molar-refractivity contribution in [3.05, 3.63) is 0 Å². The minimum atomic E-state index is 0.547. The number of carbonyl (C=O) groups excluding carboxylic acids is 1. The average molecular weight is 129 g/mol. The summed E-state index contributed by atoms with van der Waals surface area (Å²) in [5.74, 6) is 0. The molecule has 0 heterocycles. The van der Waals surface area contributed by atoms with Gasteiger partial charge in [0.15, 0.2) is 0 Å². The Hall–Kier alpha value is -0.128. The second-order valence-corrected chi connectivity index (χ2v) is 1.90. The summed E-state index contributed by atoms with van der Waals surface area (Å²) >= 11 is 0.767. The zero-order valence-electron chi connectivity index (χ0n) is 4.89. The van der Waals surface area contributed by atoms with E-state index in [0.29, 0.717) is 6.54 Å². The van der Waals surface area contributed by atoms with Crippen LogP contribution < -0.4 is 0 Å². The van der Waals surface area contributed by atoms with Crippen molar-refractivity contribution >= 4 is 22.7 Å². The lowest BCUT2D eigenvalue weighted by Crippen LogP contribution is -1.91. The number of hydrogen-bond acceptors (Lipinski definition) is 3. The first kappa shape index (κ1) is 7.87. The molecule has 0 aromatic carbocycles. The van der Waals surface area contributed by atoms with Crippen LogP contribution in [0.5, 0.6) is 0 Å². The van der Waals surface area contributed by atoms with Crippen molar-refractivity contribution in [2.45, 2.75) is 6.42 Å². The molecule has 0 saturated heterocycles. The predicted molar refractivity (Wildman–Crippen MR) is 32.1 cm³/mol. The summed E-state index contributed by atoms with van der Waals surface area (Å²) in [7, 11) is 0. The van der Waals surface area contributed by atoms with Gasteiger partial charge in [-0.1, -0.05) is 0 Å². The van der Waals surface area contributed by atoms with Crippen molar-refractivity contribution < 1.29 is 8.58 Å². The van der Waals surface area contributed by atoms with Crippen LogP contribution in [-0.4, -0.2) is 35.9 Å². The van der Waals surface area contributed by atoms with Gasteiger partial charge in [-0.15, -0.1) is 0 Å². The highest BCUT2D eigenvalue weighted by molar-refractivity contribution is 5.97. The van der Waals surface area contributed by atoms with E-state index in [0.717, 1.165) is 29.7 Å². The van der Waals surface area contributed by atoms with Gasteiger partial charge in [0.1, 0.15) is 0 Å². The van der Waals surface area contributed by atoms with Crippen molar-refractivity contribution in [1.29, 1.82) is 0 Å². The van der Waals surface area contributed by atoms with Gasteiger partial charge in [-0.2, -0.15) is 0 Å². The topological polar surface area (TPSA) is 38.7 Å². The van der Waals surface area contributed by atoms with E-state index < -0.39 is 0 Å². The second-order valence-electron chi connectivity index (χ2n) is 1.32. The molecule has 0 spiro atoms. The van der Waals surface area contributed by atoms with Crippen LogP contribution in [0.3, 0.4) is 0 Å². The van der Waals surface area contributed by atoms with Gasteiger partial charge in [-0.3, -0.25) is 0 Å². The van der Waals surface area contributed by atoms with Gasteiger partial charge >= 0.3 is 16.6 Å². The van der Waals surface area contributed by atoms with Gasteiger partial charge in [0.2, 0.25) is 6.08 Å². The normalized spacial score (nSPS) is 8.00. The number of isocyanates is 1. The lowest BCUT2D eigenvalue weighted by molar-refractivity contribution is 0.344. The molecule has 3 nitrogen and oxygen atoms in total. The standard InChI is InChI=1S/C4H6NO2.Al.2H/c6-3-1-2-5-4-7;;;/h1-3H2;;;/q-1;+1;;. The fraction of sp³-hybridized carbons (Fsp3) is 0.750. The molecule has 0 rings (SSSR count). The molecule has 0 aliphatic rings. The van der Waals surface area contributed by atoms with Crippen LogP contribution in [0, 0.1) is 0 Å². The van der Waals surface area contributed by atoms with Gasteiger partial charge in [0.25, 0.3) is 0 Å². The Morgan fingerprint density at radius 2 is 2.50 bits per heavy atom. The quantitative estimate of drug-likeness (QED) is 0.217. The van der Waals surface area contributed by atoms with E-state index in [4.69, 9.17) is 3.79 Å². The molecular formula is C4H8AlNO2. The second kappa shape index (κ2) is 6.87. The van der Waals surface area contributed by atoms with Gasteiger partial charge in [0.05, 0.1) is 6.54 Å². The summed E-state index contributed by atoms with van der Waals surface area (Å²) in [5, 5.41) is 0. The van der Waals surface area contributed by atoms with Crippen molar-refractivity contribution in [3.8, 4) is 0 Å². The lowest BCUT2D eigenvalue weighted by Gasteiger charge is -1.91. The Labute approximate surface area is 56.5 Å². The van der Waals surface area contributed by atoms with E-state index in [2.05, 4.69) is 4.99 Å². The summed E-state index contributed by atoms with van der Waals surface area (Å²) in [5.41, 5.74) is 0. The summed E-state index contributed by atoms with van der Waals surface area (Å²) in [4.78, 5) is 12.8. The van der Waals surface area contributed by atoms with Crippen molar-refractivity contribution in [3.63, 3.8) is 0 Å². The van der Waals surface area contributed by atoms with Gasteiger partial charge in [-0.05, 0) is 6.42 Å². The number of nitrogens with zero attached hydrogens (tertiary/aromatic N) is 1. The van der Waals surface area contributed by atoms with E-state index in [1.54, 1.807) is 0 Å². The third-order valence-corrected chi connectivity index (χ3v) is 1.09. The maximum atomic E-state index is 9.44. The molecule has 0 atom stereocenters. The Bertz CT molecular complexity index is 90.0. The highest BCUT2D eigenvalue weighted by Crippen LogP contribution is 1.77. The first-order chi connectivity index (χ1) is 3.91. The zero-order valence-corrected chi connectivity index (χ0v) is 6.89. The highest BCUT2D eigenvalue weighted by atomic mass is 27.1. The predicted octanol–water partition coefficient (Wildman–Crippen LogP) is -0.723. The van der Waals surface area contributed by atoms with Gasteiger partial charge in [0, 0.05) is 6.61 Å². The zero-order chi connectivity index (χ0) is 6.24. The van der Waals surface area contributed by atoms with Crippen molar-refractivity contribution in [2.24, 2.45) is 4.99 Å². The molecule has 0 bridgehead atoms. The maximum absolute atomic E-state index is 9.44. The summed E-state index contributed by atoms with van der Waals surface area (Å²) in [6.45, 7) is 1.27. The van der Waals surface area contributed by atoms with Crippen LogP contribution in [0.4, 0.5) is 0 Å². The molecule has 0 aromatic heterocycles. The van der Waals surface area contributed by atoms with Crippen molar-refractivity contribution in [1.82, 2.24) is 0 Å².